The van der Waals surface area contributed by atoms with E-state index in [9.17, 15) is 14.7 Å². The molecule has 108 valence electrons. The summed E-state index contributed by atoms with van der Waals surface area (Å²) in [4.78, 5) is 22.2. The number of carbonyl (C=O) groups is 2. The maximum Gasteiger partial charge on any atom is 0.322 e. The van der Waals surface area contributed by atoms with E-state index in [1.807, 2.05) is 38.1 Å². The maximum atomic E-state index is 11.2. The van der Waals surface area contributed by atoms with E-state index in [0.717, 1.165) is 11.3 Å². The molecule has 0 spiro atoms. The highest BCUT2D eigenvalue weighted by Gasteiger charge is 2.45. The van der Waals surface area contributed by atoms with Crippen LogP contribution in [0.5, 0.6) is 0 Å². The van der Waals surface area contributed by atoms with E-state index in [1.165, 1.54) is 6.92 Å². The lowest BCUT2D eigenvalue weighted by atomic mass is 10.0. The fraction of sp³-hybridized carbons (Fsp3) is 0.429. The van der Waals surface area contributed by atoms with Gasteiger partial charge in [0, 0.05) is 17.4 Å². The number of rotatable bonds is 3. The van der Waals surface area contributed by atoms with Crippen LogP contribution in [0.2, 0.25) is 0 Å². The molecule has 1 saturated heterocycles. The van der Waals surface area contributed by atoms with Crippen LogP contribution < -0.4 is 10.6 Å². The SMILES string of the molecule is CC(=O)Nc1ccc(C2N[C@@H](C(=O)O)C(C)(C)S2)cc1. The number of hydrogen-bond acceptors (Lipinski definition) is 4. The first-order chi connectivity index (χ1) is 9.29. The summed E-state index contributed by atoms with van der Waals surface area (Å²) in [7, 11) is 0. The summed E-state index contributed by atoms with van der Waals surface area (Å²) < 4.78 is -0.368. The number of aliphatic carboxylic acids is 1. The lowest BCUT2D eigenvalue weighted by Crippen LogP contribution is -2.43. The minimum atomic E-state index is -0.833. The highest BCUT2D eigenvalue weighted by molar-refractivity contribution is 8.01. The highest BCUT2D eigenvalue weighted by atomic mass is 32.2. The summed E-state index contributed by atoms with van der Waals surface area (Å²) >= 11 is 1.60. The Morgan fingerprint density at radius 1 is 1.30 bits per heavy atom. The van der Waals surface area contributed by atoms with Gasteiger partial charge in [-0.2, -0.15) is 0 Å². The number of thioether (sulfide) groups is 1. The number of carbonyl (C=O) groups excluding carboxylic acids is 1. The van der Waals surface area contributed by atoms with Crippen molar-refractivity contribution in [1.82, 2.24) is 5.32 Å². The van der Waals surface area contributed by atoms with Crippen molar-refractivity contribution in [3.8, 4) is 0 Å². The van der Waals surface area contributed by atoms with Gasteiger partial charge in [0.05, 0.1) is 5.37 Å². The van der Waals surface area contributed by atoms with Crippen LogP contribution in [0.15, 0.2) is 24.3 Å². The van der Waals surface area contributed by atoms with Crippen LogP contribution in [-0.4, -0.2) is 27.8 Å². The summed E-state index contributed by atoms with van der Waals surface area (Å²) in [6.45, 7) is 5.31. The van der Waals surface area contributed by atoms with Gasteiger partial charge in [-0.3, -0.25) is 14.9 Å². The Bertz CT molecular complexity index is 528. The van der Waals surface area contributed by atoms with Crippen LogP contribution >= 0.6 is 11.8 Å². The molecule has 20 heavy (non-hydrogen) atoms. The minimum absolute atomic E-state index is 0.0579. The highest BCUT2D eigenvalue weighted by Crippen LogP contribution is 2.45. The Morgan fingerprint density at radius 2 is 1.90 bits per heavy atom. The second-order valence-corrected chi connectivity index (χ2v) is 7.10. The van der Waals surface area contributed by atoms with Crippen molar-refractivity contribution >= 4 is 29.3 Å². The zero-order valence-corrected chi connectivity index (χ0v) is 12.5. The first-order valence-corrected chi connectivity index (χ1v) is 7.22. The molecule has 1 heterocycles. The molecular weight excluding hydrogens is 276 g/mol. The smallest absolute Gasteiger partial charge is 0.322 e. The molecule has 0 saturated carbocycles. The molecule has 1 fully saturated rings. The van der Waals surface area contributed by atoms with Crippen LogP contribution in [0.3, 0.4) is 0 Å². The maximum absolute atomic E-state index is 11.2. The average Bonchev–Trinajstić information content (AvgIpc) is 2.65. The molecule has 0 aromatic heterocycles. The number of carboxylic acid groups (broad SMARTS) is 1. The molecule has 2 rings (SSSR count). The minimum Gasteiger partial charge on any atom is -0.480 e. The zero-order chi connectivity index (χ0) is 14.9. The fourth-order valence-electron chi connectivity index (χ4n) is 2.24. The van der Waals surface area contributed by atoms with Crippen LogP contribution in [-0.2, 0) is 9.59 Å². The summed E-state index contributed by atoms with van der Waals surface area (Å²) in [5.41, 5.74) is 1.74. The van der Waals surface area contributed by atoms with Crippen molar-refractivity contribution in [3.63, 3.8) is 0 Å². The monoisotopic (exact) mass is 294 g/mol. The Morgan fingerprint density at radius 3 is 2.35 bits per heavy atom. The number of benzene rings is 1. The molecule has 2 atom stereocenters. The Hall–Kier alpha value is -1.53. The second-order valence-electron chi connectivity index (χ2n) is 5.34. The van der Waals surface area contributed by atoms with Crippen LogP contribution in [0.25, 0.3) is 0 Å². The second kappa shape index (κ2) is 5.46. The molecule has 1 aliphatic heterocycles. The third kappa shape index (κ3) is 3.13. The van der Waals surface area contributed by atoms with Gasteiger partial charge in [0.25, 0.3) is 0 Å². The van der Waals surface area contributed by atoms with E-state index < -0.39 is 12.0 Å². The van der Waals surface area contributed by atoms with Gasteiger partial charge in [-0.1, -0.05) is 12.1 Å². The van der Waals surface area contributed by atoms with Gasteiger partial charge < -0.3 is 10.4 Å². The predicted octanol–water partition coefficient (Wildman–Crippen LogP) is 2.21. The van der Waals surface area contributed by atoms with Gasteiger partial charge in [0.1, 0.15) is 6.04 Å². The molecule has 1 aromatic carbocycles. The average molecular weight is 294 g/mol. The number of nitrogens with one attached hydrogen (secondary N) is 2. The van der Waals surface area contributed by atoms with Crippen molar-refractivity contribution in [2.45, 2.75) is 36.9 Å². The van der Waals surface area contributed by atoms with Crippen molar-refractivity contribution in [1.29, 1.82) is 0 Å². The predicted molar refractivity (Wildman–Crippen MR) is 79.7 cm³/mol. The van der Waals surface area contributed by atoms with E-state index in [2.05, 4.69) is 10.6 Å². The number of carboxylic acids is 1. The lowest BCUT2D eigenvalue weighted by molar-refractivity contribution is -0.139. The normalized spacial score (nSPS) is 24.4. The summed E-state index contributed by atoms with van der Waals surface area (Å²) in [5.74, 6) is -0.946. The molecule has 1 unspecified atom stereocenters. The third-order valence-electron chi connectivity index (χ3n) is 3.22. The van der Waals surface area contributed by atoms with Crippen molar-refractivity contribution in [3.05, 3.63) is 29.8 Å². The first kappa shape index (κ1) is 14.9. The summed E-state index contributed by atoms with van der Waals surface area (Å²) in [6, 6.07) is 6.86. The zero-order valence-electron chi connectivity index (χ0n) is 11.6. The van der Waals surface area contributed by atoms with Crippen molar-refractivity contribution < 1.29 is 14.7 Å². The topological polar surface area (TPSA) is 78.4 Å². The van der Waals surface area contributed by atoms with E-state index in [4.69, 9.17) is 0 Å². The molecule has 1 aromatic rings. The molecule has 0 aliphatic carbocycles. The van der Waals surface area contributed by atoms with Crippen molar-refractivity contribution in [2.75, 3.05) is 5.32 Å². The number of anilines is 1. The lowest BCUT2D eigenvalue weighted by Gasteiger charge is -2.20. The first-order valence-electron chi connectivity index (χ1n) is 6.34. The summed E-state index contributed by atoms with van der Waals surface area (Å²) in [5, 5.41) is 15.0. The van der Waals surface area contributed by atoms with Gasteiger partial charge in [-0.05, 0) is 31.5 Å². The fourth-order valence-corrected chi connectivity index (χ4v) is 3.65. The molecule has 1 aliphatic rings. The molecule has 0 radical (unpaired) electrons. The van der Waals surface area contributed by atoms with Crippen LogP contribution in [0.1, 0.15) is 31.7 Å². The van der Waals surface area contributed by atoms with E-state index in [1.54, 1.807) is 11.8 Å². The van der Waals surface area contributed by atoms with Gasteiger partial charge in [0.15, 0.2) is 0 Å². The van der Waals surface area contributed by atoms with Gasteiger partial charge >= 0.3 is 5.97 Å². The van der Waals surface area contributed by atoms with Crippen LogP contribution in [0.4, 0.5) is 5.69 Å². The largest absolute Gasteiger partial charge is 0.480 e. The van der Waals surface area contributed by atoms with E-state index >= 15 is 0 Å². The Balaban J connectivity index is 2.13. The molecule has 0 bridgehead atoms. The quantitative estimate of drug-likeness (QED) is 0.796. The summed E-state index contributed by atoms with van der Waals surface area (Å²) in [6.07, 6.45) is 0. The van der Waals surface area contributed by atoms with Gasteiger partial charge in [-0.15, -0.1) is 11.8 Å². The Kier molecular flexibility index (Phi) is 4.06. The number of amides is 1. The molecule has 1 amide bonds. The van der Waals surface area contributed by atoms with E-state index in [0.29, 0.717) is 0 Å². The Labute approximate surface area is 122 Å². The van der Waals surface area contributed by atoms with Gasteiger partial charge in [0.2, 0.25) is 5.91 Å². The standard InChI is InChI=1S/C14H18N2O3S/c1-8(17)15-10-6-4-9(5-7-10)12-16-11(13(18)19)14(2,3)20-12/h4-7,11-12,16H,1-3H3,(H,15,17)(H,18,19)/t11-,12?/m0/s1. The van der Waals surface area contributed by atoms with Crippen LogP contribution in [0, 0.1) is 0 Å². The number of hydrogen-bond donors (Lipinski definition) is 3. The third-order valence-corrected chi connectivity index (χ3v) is 4.70. The molecular formula is C14H18N2O3S. The molecule has 6 heteroatoms. The molecule has 3 N–H and O–H groups in total. The van der Waals surface area contributed by atoms with Gasteiger partial charge in [-0.25, -0.2) is 0 Å². The molecule has 5 nitrogen and oxygen atoms in total. The van der Waals surface area contributed by atoms with Crippen molar-refractivity contribution in [2.24, 2.45) is 0 Å². The van der Waals surface area contributed by atoms with E-state index in [-0.39, 0.29) is 16.0 Å².